The molecule has 2 aromatic carbocycles. The number of rotatable bonds is 6. The zero-order chi connectivity index (χ0) is 24.5. The quantitative estimate of drug-likeness (QED) is 0.616. The Morgan fingerprint density at radius 1 is 1.06 bits per heavy atom. The van der Waals surface area contributed by atoms with Gasteiger partial charge in [0.2, 0.25) is 5.91 Å². The molecular formula is C27H30N2O5S. The molecule has 4 unspecified atom stereocenters. The smallest absolute Gasteiger partial charge is 0.407 e. The number of hydrogen-bond acceptors (Lipinski definition) is 5. The summed E-state index contributed by atoms with van der Waals surface area (Å²) < 4.78 is 5.69. The third-order valence-corrected chi connectivity index (χ3v) is 8.76. The molecule has 1 saturated heterocycles. The van der Waals surface area contributed by atoms with E-state index >= 15 is 0 Å². The Morgan fingerprint density at radius 2 is 1.71 bits per heavy atom. The van der Waals surface area contributed by atoms with Crippen molar-refractivity contribution in [3.63, 3.8) is 0 Å². The summed E-state index contributed by atoms with van der Waals surface area (Å²) in [5.74, 6) is -0.726. The first-order valence-corrected chi connectivity index (χ1v) is 13.3. The molecule has 0 spiro atoms. The Balaban J connectivity index is 1.19. The van der Waals surface area contributed by atoms with E-state index in [1.54, 1.807) is 0 Å². The van der Waals surface area contributed by atoms with Gasteiger partial charge in [-0.25, -0.2) is 9.59 Å². The molecule has 7 nitrogen and oxygen atoms in total. The third kappa shape index (κ3) is 4.63. The molecule has 2 aromatic rings. The number of carboxylic acids is 1. The Morgan fingerprint density at radius 3 is 2.37 bits per heavy atom. The first-order chi connectivity index (χ1) is 16.9. The molecule has 1 saturated carbocycles. The number of nitrogens with one attached hydrogen (secondary N) is 1. The number of hydrogen-bond donors (Lipinski definition) is 2. The first-order valence-electron chi connectivity index (χ1n) is 12.2. The van der Waals surface area contributed by atoms with Crippen LogP contribution in [0.5, 0.6) is 0 Å². The maximum absolute atomic E-state index is 13.0. The second kappa shape index (κ2) is 9.93. The lowest BCUT2D eigenvalue weighted by Gasteiger charge is -2.28. The predicted molar refractivity (Wildman–Crippen MR) is 134 cm³/mol. The standard InChI is InChI=1S/C27H30N2O5S/c1-16-29(24(15-35-16)26(31)32)25(30)13-17-7-6-12-23(17)28-27(33)34-14-22-20-10-4-2-8-18(20)19-9-3-5-11-21(19)22/h2-5,8-11,16-17,22-24H,6-7,12-15H2,1H3,(H,28,33)(H,31,32). The van der Waals surface area contributed by atoms with Gasteiger partial charge in [-0.15, -0.1) is 11.8 Å². The maximum Gasteiger partial charge on any atom is 0.407 e. The number of ether oxygens (including phenoxy) is 1. The van der Waals surface area contributed by atoms with Crippen LogP contribution >= 0.6 is 11.8 Å². The van der Waals surface area contributed by atoms with Crippen molar-refractivity contribution in [1.82, 2.24) is 10.2 Å². The van der Waals surface area contributed by atoms with Gasteiger partial charge >= 0.3 is 12.1 Å². The van der Waals surface area contributed by atoms with Crippen molar-refractivity contribution in [1.29, 1.82) is 0 Å². The van der Waals surface area contributed by atoms with Gasteiger partial charge in [-0.2, -0.15) is 0 Å². The van der Waals surface area contributed by atoms with Crippen LogP contribution in [0, 0.1) is 5.92 Å². The zero-order valence-corrected chi connectivity index (χ0v) is 20.5. The van der Waals surface area contributed by atoms with Crippen LogP contribution < -0.4 is 5.32 Å². The highest BCUT2D eigenvalue weighted by atomic mass is 32.2. The lowest BCUT2D eigenvalue weighted by atomic mass is 9.98. The van der Waals surface area contributed by atoms with E-state index in [9.17, 15) is 19.5 Å². The fourth-order valence-corrected chi connectivity index (χ4v) is 6.99. The second-order valence-electron chi connectivity index (χ2n) is 9.56. The van der Waals surface area contributed by atoms with Crippen molar-refractivity contribution in [3.8, 4) is 11.1 Å². The average molecular weight is 495 g/mol. The molecule has 35 heavy (non-hydrogen) atoms. The number of amides is 2. The number of thioether (sulfide) groups is 1. The molecule has 0 aromatic heterocycles. The largest absolute Gasteiger partial charge is 0.480 e. The van der Waals surface area contributed by atoms with Crippen molar-refractivity contribution in [3.05, 3.63) is 59.7 Å². The number of aliphatic carboxylic acids is 1. The highest BCUT2D eigenvalue weighted by Gasteiger charge is 2.41. The maximum atomic E-state index is 13.0. The number of benzene rings is 2. The minimum atomic E-state index is -0.963. The van der Waals surface area contributed by atoms with Crippen LogP contribution in [-0.2, 0) is 14.3 Å². The average Bonchev–Trinajstić information content (AvgIpc) is 3.54. The Bertz CT molecular complexity index is 1090. The summed E-state index contributed by atoms with van der Waals surface area (Å²) in [5.41, 5.74) is 4.69. The summed E-state index contributed by atoms with van der Waals surface area (Å²) >= 11 is 1.48. The number of carbonyl (C=O) groups is 3. The topological polar surface area (TPSA) is 95.9 Å². The van der Waals surface area contributed by atoms with Gasteiger partial charge in [0.15, 0.2) is 0 Å². The zero-order valence-electron chi connectivity index (χ0n) is 19.7. The Labute approximate surface area is 209 Å². The van der Waals surface area contributed by atoms with Crippen LogP contribution in [-0.4, -0.2) is 57.8 Å². The van der Waals surface area contributed by atoms with Gasteiger partial charge in [0.05, 0.1) is 5.37 Å². The molecule has 184 valence electrons. The SMILES string of the molecule is CC1SCC(C(=O)O)N1C(=O)CC1CCCC1NC(=O)OCC1c2ccccc2-c2ccccc21. The molecule has 2 N–H and O–H groups in total. The van der Waals surface area contributed by atoms with E-state index in [1.807, 2.05) is 31.2 Å². The molecule has 1 heterocycles. The van der Waals surface area contributed by atoms with E-state index in [4.69, 9.17) is 4.74 Å². The minimum Gasteiger partial charge on any atom is -0.480 e. The summed E-state index contributed by atoms with van der Waals surface area (Å²) in [6.45, 7) is 2.12. The first kappa shape index (κ1) is 23.7. The third-order valence-electron chi connectivity index (χ3n) is 7.54. The van der Waals surface area contributed by atoms with Gasteiger partial charge in [-0.05, 0) is 47.9 Å². The van der Waals surface area contributed by atoms with Crippen LogP contribution in [0.1, 0.15) is 49.7 Å². The van der Waals surface area contributed by atoms with Crippen LogP contribution in [0.4, 0.5) is 4.79 Å². The molecule has 2 fully saturated rings. The predicted octanol–water partition coefficient (Wildman–Crippen LogP) is 4.46. The molecule has 2 aliphatic carbocycles. The van der Waals surface area contributed by atoms with Crippen LogP contribution in [0.3, 0.4) is 0 Å². The second-order valence-corrected chi connectivity index (χ2v) is 10.9. The van der Waals surface area contributed by atoms with E-state index in [1.165, 1.54) is 27.8 Å². The van der Waals surface area contributed by atoms with Gasteiger partial charge in [0.25, 0.3) is 0 Å². The van der Waals surface area contributed by atoms with E-state index in [2.05, 4.69) is 29.6 Å². The van der Waals surface area contributed by atoms with Gasteiger partial charge in [0, 0.05) is 24.1 Å². The summed E-state index contributed by atoms with van der Waals surface area (Å²) in [5, 5.41) is 12.3. The van der Waals surface area contributed by atoms with Crippen molar-refractivity contribution < 1.29 is 24.2 Å². The normalized spacial score (nSPS) is 25.2. The minimum absolute atomic E-state index is 0.00351. The van der Waals surface area contributed by atoms with Crippen LogP contribution in [0.2, 0.25) is 0 Å². The highest BCUT2D eigenvalue weighted by Crippen LogP contribution is 2.44. The number of nitrogens with zero attached hydrogens (tertiary/aromatic N) is 1. The van der Waals surface area contributed by atoms with Crippen molar-refractivity contribution in [2.45, 2.75) is 56.0 Å². The van der Waals surface area contributed by atoms with Crippen molar-refractivity contribution in [2.24, 2.45) is 5.92 Å². The van der Waals surface area contributed by atoms with Gasteiger partial charge in [0.1, 0.15) is 12.6 Å². The summed E-state index contributed by atoms with van der Waals surface area (Å²) in [6.07, 6.45) is 2.30. The lowest BCUT2D eigenvalue weighted by Crippen LogP contribution is -2.46. The highest BCUT2D eigenvalue weighted by molar-refractivity contribution is 8.00. The molecule has 2 amide bonds. The van der Waals surface area contributed by atoms with E-state index in [-0.39, 0.29) is 42.2 Å². The van der Waals surface area contributed by atoms with Gasteiger partial charge in [-0.1, -0.05) is 55.0 Å². The Kier molecular flexibility index (Phi) is 6.73. The molecular weight excluding hydrogens is 464 g/mol. The summed E-state index contributed by atoms with van der Waals surface area (Å²) in [7, 11) is 0. The molecule has 8 heteroatoms. The van der Waals surface area contributed by atoms with E-state index in [0.29, 0.717) is 5.75 Å². The monoisotopic (exact) mass is 494 g/mol. The Hall–Kier alpha value is -3.00. The lowest BCUT2D eigenvalue weighted by molar-refractivity contribution is -0.149. The fourth-order valence-electron chi connectivity index (χ4n) is 5.80. The van der Waals surface area contributed by atoms with E-state index < -0.39 is 18.1 Å². The van der Waals surface area contributed by atoms with Crippen molar-refractivity contribution in [2.75, 3.05) is 12.4 Å². The van der Waals surface area contributed by atoms with Gasteiger partial charge in [-0.3, -0.25) is 4.79 Å². The van der Waals surface area contributed by atoms with Crippen LogP contribution in [0.25, 0.3) is 11.1 Å². The van der Waals surface area contributed by atoms with Gasteiger partial charge < -0.3 is 20.1 Å². The van der Waals surface area contributed by atoms with Crippen LogP contribution in [0.15, 0.2) is 48.5 Å². The molecule has 0 bridgehead atoms. The molecule has 4 atom stereocenters. The number of carboxylic acid groups (broad SMARTS) is 1. The van der Waals surface area contributed by atoms with E-state index in [0.717, 1.165) is 30.4 Å². The fraction of sp³-hybridized carbons (Fsp3) is 0.444. The van der Waals surface area contributed by atoms with Crippen molar-refractivity contribution >= 4 is 29.7 Å². The number of alkyl carbamates (subject to hydrolysis) is 1. The number of carbonyl (C=O) groups excluding carboxylic acids is 2. The molecule has 1 aliphatic heterocycles. The molecule has 5 rings (SSSR count). The summed E-state index contributed by atoms with van der Waals surface area (Å²) in [6, 6.07) is 15.5. The molecule has 0 radical (unpaired) electrons. The molecule has 3 aliphatic rings. The number of fused-ring (bicyclic) bond motifs is 3. The summed E-state index contributed by atoms with van der Waals surface area (Å²) in [4.78, 5) is 38.8.